The molecule has 4 aliphatic heterocycles. The first-order valence-electron chi connectivity index (χ1n) is 40.2. The van der Waals surface area contributed by atoms with E-state index in [9.17, 15) is 29.2 Å². The molecule has 6 aromatic heterocycles. The second-order valence-electron chi connectivity index (χ2n) is 30.2. The molecule has 0 bridgehead atoms. The number of nitrogens with one attached hydrogen (secondary N) is 3. The zero-order valence-corrected chi connectivity index (χ0v) is 78.1. The van der Waals surface area contributed by atoms with Crippen LogP contribution in [0.4, 0.5) is 8.78 Å². The predicted molar refractivity (Wildman–Crippen MR) is 505 cm³/mol. The number of aromatic hydroxyl groups is 1. The van der Waals surface area contributed by atoms with Gasteiger partial charge in [0.25, 0.3) is 0 Å². The second-order valence-corrected chi connectivity index (χ2v) is 45.3. The first-order valence-corrected chi connectivity index (χ1v) is 48.8. The van der Waals surface area contributed by atoms with E-state index in [0.717, 1.165) is 98.8 Å². The fourth-order valence-electron chi connectivity index (χ4n) is 19.0. The molecule has 127 heavy (non-hydrogen) atoms. The third kappa shape index (κ3) is 15.5. The molecule has 10 heterocycles. The van der Waals surface area contributed by atoms with Crippen molar-refractivity contribution in [3.63, 3.8) is 0 Å². The maximum Gasteiger partial charge on any atom is 2.00 e. The molecule has 4 aliphatic rings. The normalized spacial score (nSPS) is 12.9. The van der Waals surface area contributed by atoms with Crippen molar-refractivity contribution >= 4 is 162 Å². The molecule has 0 atom stereocenters. The maximum atomic E-state index is 14.4. The molecule has 1 radical (unpaired) electrons. The van der Waals surface area contributed by atoms with Gasteiger partial charge in [0.2, 0.25) is 25.2 Å². The van der Waals surface area contributed by atoms with Crippen LogP contribution in [0.25, 0.3) is 56.3 Å². The molecule has 0 fully saturated rings. The molecule has 0 spiro atoms. The van der Waals surface area contributed by atoms with Crippen molar-refractivity contribution in [2.45, 2.75) is 6.92 Å². The Kier molecular flexibility index (Phi) is 27.4. The number of hydrogen-bond donors (Lipinski definition) is 1. The Balaban J connectivity index is 0.000000129. The molecule has 0 saturated carbocycles. The van der Waals surface area contributed by atoms with Gasteiger partial charge in [0.1, 0.15) is 29.5 Å². The maximum absolute atomic E-state index is 14.4. The molecule has 4 N–H and O–H groups in total. The van der Waals surface area contributed by atoms with E-state index in [2.05, 4.69) is 230 Å². The standard InChI is InChI=1S/C24H19NO2Si.C23H16FNOSi.2C22H16N2OSi.C12H10FNO.Al.3Be.Zn.H/c1-27-17-15-20(26)23-22(16-17)28(18-9-4-2-5-10-18,19-11-6-3-7-12-19)21-13-8-14-25-24(21)23;24-16-14-19(26)22-21(15-16)27(17-8-3-1-4-9-17,18-10-5-2-6-11-18)20-12-7-13-25-23(20)22;25-18-13-15-24-22-20(18)21-19(12-7-14-23-21)26(22,16-8-3-1-4-9-16)17-10-5-2-6-11-17;25-18-12-7-13-19-21(18)22-20(14-23-15-24-22)26(19,16-8-3-1-4-9-16)17-10-5-2-6-11-17;1-8-6-9(13)7-11(15)12(8)10-4-2-3-5-14-10;;;;;;/h2-16,26H,1H3;1-15,26H;1-15H,(H,24,25);1-15,25H;2-7,15H,1H3;;;;;;/q;;;;;+1;3*+2;;/p-1. The number of fused-ring (bicyclic) bond motifs is 12. The topological polar surface area (TPSA) is 202 Å². The minimum absolute atomic E-state index is 0. The summed E-state index contributed by atoms with van der Waals surface area (Å²) in [4.78, 5) is 27.9. The van der Waals surface area contributed by atoms with Crippen molar-refractivity contribution in [2.75, 3.05) is 7.11 Å². The summed E-state index contributed by atoms with van der Waals surface area (Å²) in [5, 5.41) is 67.9. The fourth-order valence-corrected chi connectivity index (χ4v) is 39.5. The molecule has 0 saturated heterocycles. The molecular formula is C103H77AlBe3F2N7O6Si4Zn+6. The number of methoxy groups -OCH3 is 1. The minimum atomic E-state index is -2.76. The van der Waals surface area contributed by atoms with Crippen LogP contribution in [0.2, 0.25) is 0 Å². The summed E-state index contributed by atoms with van der Waals surface area (Å²) in [5.41, 5.74) is 8.93. The largest absolute Gasteiger partial charge is 2.00 e. The van der Waals surface area contributed by atoms with E-state index in [1.807, 2.05) is 147 Å². The van der Waals surface area contributed by atoms with Crippen molar-refractivity contribution in [3.05, 3.63) is 419 Å². The molecule has 12 aromatic carbocycles. The Morgan fingerprint density at radius 1 is 0.354 bits per heavy atom. The SMILES string of the molecule is COc1cc([O-])c2c(c1)[Si](c1ccccc1)(c1ccccc1)c1ccc[nH+]c1-2.Cc1cc(F)cc([O][AlH])c1-c1ccccn1.Oc1cccc2c1-c1ncncc1[Si]2(c1ccccc1)c1ccccc1.[Be+2].[Be+2].[Be+2].[O-]c1cc(F)cc2c1-c1[nH+]cccc1[Si]2(c1ccccc1)c1ccccc1.[O-]c1ccnc2c1-c1[nH+]cccc1[Si]2(c1ccccc1)c1ccccc1.[Zn]. The van der Waals surface area contributed by atoms with Gasteiger partial charge in [-0.15, -0.1) is 0 Å². The van der Waals surface area contributed by atoms with Crippen molar-refractivity contribution in [2.24, 2.45) is 0 Å². The van der Waals surface area contributed by atoms with Gasteiger partial charge in [0.15, 0.2) is 42.8 Å². The number of ether oxygens (including phenoxy) is 1. The number of aromatic nitrogens is 7. The van der Waals surface area contributed by atoms with Gasteiger partial charge in [-0.05, 0) is 141 Å². The molecule has 18 aromatic rings. The van der Waals surface area contributed by atoms with Crippen LogP contribution < -0.4 is 122 Å². The first kappa shape index (κ1) is 89.9. The predicted octanol–water partition coefficient (Wildman–Crippen LogP) is 5.12. The summed E-state index contributed by atoms with van der Waals surface area (Å²) in [5.74, 6) is 0.404. The van der Waals surface area contributed by atoms with Gasteiger partial charge < -0.3 is 29.0 Å². The van der Waals surface area contributed by atoms with Gasteiger partial charge in [0, 0.05) is 100 Å². The van der Waals surface area contributed by atoms with E-state index in [-0.39, 0.29) is 78.7 Å². The second kappa shape index (κ2) is 38.6. The summed E-state index contributed by atoms with van der Waals surface area (Å²) in [6.45, 7) is 1.85. The number of phenolic OH excluding ortho intramolecular Hbond substituents is 1. The molecular weight excluding hydrogens is 1700 g/mol. The number of halogens is 2. The fraction of sp³-hybridized carbons (Fsp3) is 0.0194. The summed E-state index contributed by atoms with van der Waals surface area (Å²) in [6.07, 6.45) is 12.5. The van der Waals surface area contributed by atoms with Crippen molar-refractivity contribution in [1.82, 2.24) is 19.9 Å². The Labute approximate surface area is 771 Å². The van der Waals surface area contributed by atoms with Gasteiger partial charge in [0.05, 0.1) is 35.1 Å². The van der Waals surface area contributed by atoms with E-state index in [4.69, 9.17) is 13.5 Å². The Morgan fingerprint density at radius 2 is 0.748 bits per heavy atom. The average molecular weight is 1780 g/mol. The molecule has 595 valence electrons. The molecule has 0 amide bonds. The van der Waals surface area contributed by atoms with Crippen molar-refractivity contribution in [3.8, 4) is 90.8 Å². The Morgan fingerprint density at radius 3 is 1.18 bits per heavy atom. The van der Waals surface area contributed by atoms with Gasteiger partial charge in [-0.1, -0.05) is 284 Å². The molecule has 24 heteroatoms. The van der Waals surface area contributed by atoms with E-state index >= 15 is 0 Å². The van der Waals surface area contributed by atoms with E-state index in [1.165, 1.54) is 75.4 Å². The van der Waals surface area contributed by atoms with Crippen LogP contribution >= 0.6 is 0 Å². The van der Waals surface area contributed by atoms with Crippen LogP contribution in [0.3, 0.4) is 0 Å². The van der Waals surface area contributed by atoms with Gasteiger partial charge in [-0.25, -0.2) is 33.7 Å². The van der Waals surface area contributed by atoms with E-state index in [0.29, 0.717) is 17.1 Å². The summed E-state index contributed by atoms with van der Waals surface area (Å²) >= 11 is 1.33. The van der Waals surface area contributed by atoms with Crippen LogP contribution in [-0.4, -0.2) is 111 Å². The van der Waals surface area contributed by atoms with E-state index in [1.54, 1.807) is 50.1 Å². The van der Waals surface area contributed by atoms with Crippen LogP contribution in [0.5, 0.6) is 34.5 Å². The smallest absolute Gasteiger partial charge is 0.872 e. The summed E-state index contributed by atoms with van der Waals surface area (Å²) in [6, 6.07) is 118. The van der Waals surface area contributed by atoms with Crippen LogP contribution in [0.15, 0.2) is 401 Å². The number of rotatable bonds is 11. The van der Waals surface area contributed by atoms with Crippen LogP contribution in [0, 0.1) is 18.6 Å². The molecule has 0 unspecified atom stereocenters. The number of nitrogens with zero attached hydrogens (tertiary/aromatic N) is 4. The number of H-pyrrole nitrogens is 3. The van der Waals surface area contributed by atoms with Crippen LogP contribution in [-0.2, 0) is 19.5 Å². The monoisotopic (exact) mass is 1780 g/mol. The van der Waals surface area contributed by atoms with Gasteiger partial charge in [-0.3, -0.25) is 9.97 Å². The summed E-state index contributed by atoms with van der Waals surface area (Å²) in [7, 11) is -8.90. The Bertz CT molecular complexity index is 6590. The number of benzene rings is 12. The molecule has 0 aliphatic carbocycles. The third-order valence-corrected chi connectivity index (χ3v) is 43.3. The zero-order chi connectivity index (χ0) is 84.2. The van der Waals surface area contributed by atoms with Crippen LogP contribution in [0.1, 0.15) is 5.56 Å². The Hall–Kier alpha value is -13.3. The number of phenols is 1. The van der Waals surface area contributed by atoms with Crippen molar-refractivity contribution in [1.29, 1.82) is 0 Å². The third-order valence-electron chi connectivity index (χ3n) is 23.8. The molecule has 22 rings (SSSR count). The minimum Gasteiger partial charge on any atom is -0.872 e. The number of aromatic amines is 3. The zero-order valence-electron chi connectivity index (χ0n) is 69.7. The number of aryl methyl sites for hydroxylation is 1. The number of hydrogen-bond acceptors (Lipinski definition) is 10. The quantitative estimate of drug-likeness (QED) is 0.170. The van der Waals surface area contributed by atoms with E-state index < -0.39 is 38.1 Å². The molecule has 13 nitrogen and oxygen atoms in total. The summed E-state index contributed by atoms with van der Waals surface area (Å²) < 4.78 is 38.4. The van der Waals surface area contributed by atoms with Gasteiger partial charge >= 0.3 is 47.0 Å². The average Bonchev–Trinajstić information content (AvgIpc) is 1.55. The first-order chi connectivity index (χ1) is 60.4. The van der Waals surface area contributed by atoms with Crippen molar-refractivity contribution < 1.29 is 72.2 Å². The number of pyridine rings is 5. The van der Waals surface area contributed by atoms with Gasteiger partial charge in [-0.2, -0.15) is 0 Å².